The number of aryl methyl sites for hydroxylation is 1. The molecular formula is C19H19FN2O4. The Morgan fingerprint density at radius 2 is 1.88 bits per heavy atom. The minimum Gasteiger partial charge on any atom is -0.482 e. The largest absolute Gasteiger partial charge is 0.482 e. The summed E-state index contributed by atoms with van der Waals surface area (Å²) in [4.78, 5) is 24.6. The summed E-state index contributed by atoms with van der Waals surface area (Å²) in [5.74, 6) is -0.0325. The molecular weight excluding hydrogens is 339 g/mol. The van der Waals surface area contributed by atoms with Gasteiger partial charge in [0.1, 0.15) is 23.7 Å². The van der Waals surface area contributed by atoms with Gasteiger partial charge in [-0.2, -0.15) is 0 Å². The molecule has 0 N–H and O–H groups in total. The van der Waals surface area contributed by atoms with Gasteiger partial charge in [-0.1, -0.05) is 0 Å². The molecule has 0 fully saturated rings. The van der Waals surface area contributed by atoms with E-state index in [2.05, 4.69) is 0 Å². The number of aldehydes is 1. The highest BCUT2D eigenvalue weighted by Gasteiger charge is 2.44. The highest BCUT2D eigenvalue weighted by atomic mass is 19.1. The van der Waals surface area contributed by atoms with Crippen LogP contribution in [0.2, 0.25) is 0 Å². The second-order valence-corrected chi connectivity index (χ2v) is 6.91. The molecule has 0 radical (unpaired) electrons. The van der Waals surface area contributed by atoms with E-state index in [0.29, 0.717) is 28.3 Å². The number of hydrogen-bond donors (Lipinski definition) is 0. The minimum absolute atomic E-state index is 0.0110. The fraction of sp³-hybridized carbons (Fsp3) is 0.316. The van der Waals surface area contributed by atoms with Crippen molar-refractivity contribution in [3.05, 3.63) is 57.4 Å². The number of nitrogens with zero attached hydrogens (tertiary/aromatic N) is 2. The predicted octanol–water partition coefficient (Wildman–Crippen LogP) is 4.23. The van der Waals surface area contributed by atoms with Crippen LogP contribution in [-0.4, -0.2) is 22.9 Å². The van der Waals surface area contributed by atoms with E-state index in [4.69, 9.17) is 4.74 Å². The van der Waals surface area contributed by atoms with Crippen molar-refractivity contribution in [2.24, 2.45) is 0 Å². The Labute approximate surface area is 150 Å². The maximum atomic E-state index is 13.4. The van der Waals surface area contributed by atoms with Crippen LogP contribution in [0.4, 0.5) is 21.5 Å². The zero-order valence-corrected chi connectivity index (χ0v) is 14.9. The lowest BCUT2D eigenvalue weighted by molar-refractivity contribution is -0.386. The van der Waals surface area contributed by atoms with Crippen LogP contribution in [-0.2, 0) is 4.79 Å². The second kappa shape index (κ2) is 6.09. The molecule has 2 aromatic rings. The molecule has 0 amide bonds. The van der Waals surface area contributed by atoms with Crippen molar-refractivity contribution in [3.8, 4) is 5.75 Å². The first kappa shape index (κ1) is 17.8. The Bertz CT molecular complexity index is 893. The van der Waals surface area contributed by atoms with Gasteiger partial charge < -0.3 is 14.4 Å². The molecule has 1 atom stereocenters. The number of nitro benzene ring substituents is 1. The molecule has 3 rings (SSSR count). The number of fused-ring (bicyclic) bond motifs is 1. The number of nitro groups is 1. The summed E-state index contributed by atoms with van der Waals surface area (Å²) in [7, 11) is 0. The topological polar surface area (TPSA) is 72.7 Å². The Balaban J connectivity index is 2.31. The third-order valence-electron chi connectivity index (χ3n) is 4.69. The Kier molecular flexibility index (Phi) is 4.18. The smallest absolute Gasteiger partial charge is 0.279 e. The molecule has 0 spiro atoms. The Morgan fingerprint density at radius 3 is 2.42 bits per heavy atom. The number of carbonyl (C=O) groups excluding carboxylic acids is 1. The predicted molar refractivity (Wildman–Crippen MR) is 95.7 cm³/mol. The van der Waals surface area contributed by atoms with Crippen molar-refractivity contribution >= 4 is 23.3 Å². The Hall–Kier alpha value is -2.96. The molecule has 136 valence electrons. The van der Waals surface area contributed by atoms with Crippen LogP contribution >= 0.6 is 0 Å². The number of anilines is 2. The summed E-state index contributed by atoms with van der Waals surface area (Å²) < 4.78 is 19.4. The lowest BCUT2D eigenvalue weighted by Crippen LogP contribution is -2.55. The summed E-state index contributed by atoms with van der Waals surface area (Å²) in [6.45, 7) is 6.77. The maximum Gasteiger partial charge on any atom is 0.279 e. The van der Waals surface area contributed by atoms with E-state index in [9.17, 15) is 19.3 Å². The molecule has 0 saturated heterocycles. The van der Waals surface area contributed by atoms with Crippen molar-refractivity contribution in [1.82, 2.24) is 0 Å². The molecule has 7 heteroatoms. The highest BCUT2D eigenvalue weighted by molar-refractivity contribution is 5.83. The van der Waals surface area contributed by atoms with E-state index in [1.54, 1.807) is 50.8 Å². The molecule has 1 aliphatic rings. The summed E-state index contributed by atoms with van der Waals surface area (Å²) in [5, 5.41) is 11.4. The molecule has 1 heterocycles. The van der Waals surface area contributed by atoms with Crippen LogP contribution < -0.4 is 9.64 Å². The van der Waals surface area contributed by atoms with Gasteiger partial charge >= 0.3 is 0 Å². The van der Waals surface area contributed by atoms with Crippen LogP contribution in [0.5, 0.6) is 5.75 Å². The first-order valence-electron chi connectivity index (χ1n) is 8.15. The van der Waals surface area contributed by atoms with E-state index in [-0.39, 0.29) is 11.5 Å². The van der Waals surface area contributed by atoms with Crippen LogP contribution in [0.3, 0.4) is 0 Å². The van der Waals surface area contributed by atoms with Crippen molar-refractivity contribution < 1.29 is 18.8 Å². The SMILES string of the molecule is Cc1cc2c(c(C)c1[N+](=O)[O-])OC(C)(C)C(C=O)N2c1ccc(F)cc1. The fourth-order valence-electron chi connectivity index (χ4n) is 3.43. The van der Waals surface area contributed by atoms with Gasteiger partial charge in [-0.15, -0.1) is 0 Å². The van der Waals surface area contributed by atoms with Crippen LogP contribution in [0.1, 0.15) is 25.0 Å². The number of benzene rings is 2. The van der Waals surface area contributed by atoms with Gasteiger partial charge in [-0.05, 0) is 58.0 Å². The standard InChI is InChI=1S/C19H19FN2O4/c1-11-9-15-18(12(2)17(11)22(24)25)26-19(3,4)16(10-23)21(15)14-7-5-13(20)6-8-14/h5-10,16H,1-4H3. The van der Waals surface area contributed by atoms with E-state index < -0.39 is 16.6 Å². The maximum absolute atomic E-state index is 13.4. The molecule has 2 aromatic carbocycles. The molecule has 0 aromatic heterocycles. The van der Waals surface area contributed by atoms with Crippen molar-refractivity contribution in [3.63, 3.8) is 0 Å². The lowest BCUT2D eigenvalue weighted by Gasteiger charge is -2.46. The average molecular weight is 358 g/mol. The molecule has 26 heavy (non-hydrogen) atoms. The molecule has 6 nitrogen and oxygen atoms in total. The molecule has 0 saturated carbocycles. The van der Waals surface area contributed by atoms with Crippen LogP contribution in [0, 0.1) is 29.8 Å². The van der Waals surface area contributed by atoms with E-state index in [0.717, 1.165) is 6.29 Å². The quantitative estimate of drug-likeness (QED) is 0.466. The summed E-state index contributed by atoms with van der Waals surface area (Å²) in [5.41, 5.74) is 1.07. The van der Waals surface area contributed by atoms with E-state index in [1.807, 2.05) is 0 Å². The number of hydrogen-bond acceptors (Lipinski definition) is 5. The summed E-state index contributed by atoms with van der Waals surface area (Å²) in [6, 6.07) is 6.72. The fourth-order valence-corrected chi connectivity index (χ4v) is 3.43. The zero-order valence-electron chi connectivity index (χ0n) is 14.9. The summed E-state index contributed by atoms with van der Waals surface area (Å²) >= 11 is 0. The third-order valence-corrected chi connectivity index (χ3v) is 4.69. The van der Waals surface area contributed by atoms with Crippen LogP contribution in [0.15, 0.2) is 30.3 Å². The van der Waals surface area contributed by atoms with Crippen LogP contribution in [0.25, 0.3) is 0 Å². The highest BCUT2D eigenvalue weighted by Crippen LogP contribution is 2.49. The van der Waals surface area contributed by atoms with Gasteiger partial charge in [-0.3, -0.25) is 10.1 Å². The van der Waals surface area contributed by atoms with Gasteiger partial charge in [0, 0.05) is 11.3 Å². The van der Waals surface area contributed by atoms with E-state index in [1.165, 1.54) is 12.1 Å². The van der Waals surface area contributed by atoms with E-state index >= 15 is 0 Å². The lowest BCUT2D eigenvalue weighted by atomic mass is 9.92. The first-order chi connectivity index (χ1) is 12.2. The Morgan fingerprint density at radius 1 is 1.27 bits per heavy atom. The average Bonchev–Trinajstić information content (AvgIpc) is 2.55. The number of carbonyl (C=O) groups is 1. The van der Waals surface area contributed by atoms with Gasteiger partial charge in [0.15, 0.2) is 5.75 Å². The monoisotopic (exact) mass is 358 g/mol. The number of ether oxygens (including phenoxy) is 1. The van der Waals surface area contributed by atoms with Crippen molar-refractivity contribution in [1.29, 1.82) is 0 Å². The minimum atomic E-state index is -0.934. The van der Waals surface area contributed by atoms with Gasteiger partial charge in [0.05, 0.1) is 16.2 Å². The molecule has 0 aliphatic carbocycles. The van der Waals surface area contributed by atoms with Gasteiger partial charge in [0.2, 0.25) is 0 Å². The third kappa shape index (κ3) is 2.69. The number of halogens is 1. The summed E-state index contributed by atoms with van der Waals surface area (Å²) in [6.07, 6.45) is 0.776. The number of rotatable bonds is 3. The zero-order chi connectivity index (χ0) is 19.2. The van der Waals surface area contributed by atoms with Gasteiger partial charge in [-0.25, -0.2) is 4.39 Å². The molecule has 1 aliphatic heterocycles. The second-order valence-electron chi connectivity index (χ2n) is 6.91. The first-order valence-corrected chi connectivity index (χ1v) is 8.15. The normalized spacial score (nSPS) is 18.0. The van der Waals surface area contributed by atoms with Crippen molar-refractivity contribution in [2.45, 2.75) is 39.3 Å². The molecule has 0 bridgehead atoms. The molecule has 1 unspecified atom stereocenters. The van der Waals surface area contributed by atoms with Gasteiger partial charge in [0.25, 0.3) is 5.69 Å². The van der Waals surface area contributed by atoms with Crippen molar-refractivity contribution in [2.75, 3.05) is 4.90 Å².